The summed E-state index contributed by atoms with van der Waals surface area (Å²) in [6, 6.07) is 0. The van der Waals surface area contributed by atoms with E-state index < -0.39 is 0 Å². The van der Waals surface area contributed by atoms with Crippen molar-refractivity contribution in [2.24, 2.45) is 0 Å². The van der Waals surface area contributed by atoms with Crippen molar-refractivity contribution in [3.63, 3.8) is 0 Å². The average Bonchev–Trinajstić information content (AvgIpc) is 1.59. The van der Waals surface area contributed by atoms with E-state index in [1.807, 2.05) is 0 Å². The SMILES string of the molecule is Nc1nc(N)nc(N)n1.[NaH].[NaH].[NaH]. The maximum atomic E-state index is 5.14. The second-order valence-corrected chi connectivity index (χ2v) is 1.41. The fourth-order valence-electron chi connectivity index (χ4n) is 0.427. The summed E-state index contributed by atoms with van der Waals surface area (Å²) in [5.41, 5.74) is 15.4. The number of rotatable bonds is 0. The van der Waals surface area contributed by atoms with E-state index in [0.29, 0.717) is 0 Å². The first-order chi connectivity index (χ1) is 4.18. The Morgan fingerprint density at radius 2 is 0.750 bits per heavy atom. The maximum absolute atomic E-state index is 5.14. The van der Waals surface area contributed by atoms with E-state index in [-0.39, 0.29) is 107 Å². The summed E-state index contributed by atoms with van der Waals surface area (Å²) in [6.07, 6.45) is 0. The molecule has 0 fully saturated rings. The summed E-state index contributed by atoms with van der Waals surface area (Å²) in [4.78, 5) is 10.5. The third-order valence-corrected chi connectivity index (χ3v) is 0.687. The number of nitrogen functional groups attached to an aromatic ring is 3. The first-order valence-electron chi connectivity index (χ1n) is 2.21. The Morgan fingerprint density at radius 1 is 0.583 bits per heavy atom. The van der Waals surface area contributed by atoms with E-state index >= 15 is 0 Å². The minimum absolute atomic E-state index is 0. The van der Waals surface area contributed by atoms with Gasteiger partial charge < -0.3 is 17.2 Å². The molecule has 9 heteroatoms. The van der Waals surface area contributed by atoms with Crippen LogP contribution >= 0.6 is 0 Å². The van der Waals surface area contributed by atoms with Crippen molar-refractivity contribution in [3.05, 3.63) is 0 Å². The molecule has 0 aliphatic heterocycles. The van der Waals surface area contributed by atoms with Crippen LogP contribution in [-0.2, 0) is 0 Å². The van der Waals surface area contributed by atoms with Gasteiger partial charge >= 0.3 is 88.7 Å². The van der Waals surface area contributed by atoms with Crippen LogP contribution in [0.1, 0.15) is 0 Å². The number of hydrogen-bond acceptors (Lipinski definition) is 6. The third-order valence-electron chi connectivity index (χ3n) is 0.687. The van der Waals surface area contributed by atoms with Crippen LogP contribution in [-0.4, -0.2) is 104 Å². The van der Waals surface area contributed by atoms with E-state index in [0.717, 1.165) is 0 Å². The fraction of sp³-hybridized carbons (Fsp3) is 0. The van der Waals surface area contributed by atoms with Crippen LogP contribution in [0.4, 0.5) is 17.8 Å². The third kappa shape index (κ3) is 6.88. The molecule has 0 radical (unpaired) electrons. The predicted octanol–water partition coefficient (Wildman–Crippen LogP) is -3.33. The Kier molecular flexibility index (Phi) is 14.3. The monoisotopic (exact) mass is 198 g/mol. The molecule has 1 aromatic rings. The number of hydrogen-bond donors (Lipinski definition) is 3. The molecule has 0 amide bonds. The zero-order valence-corrected chi connectivity index (χ0v) is 4.57. The van der Waals surface area contributed by atoms with Gasteiger partial charge in [0.05, 0.1) is 0 Å². The Morgan fingerprint density at radius 3 is 0.917 bits per heavy atom. The molecule has 12 heavy (non-hydrogen) atoms. The standard InChI is InChI=1S/C3H6N6.3Na.3H/c4-1-7-2(5)9-3(6)8-1;;;;;;/h(H6,4,5,6,7,8,9);;;;;;. The van der Waals surface area contributed by atoms with Crippen molar-refractivity contribution < 1.29 is 0 Å². The molecule has 0 atom stereocenters. The van der Waals surface area contributed by atoms with Gasteiger partial charge in [-0.05, 0) is 0 Å². The minimum atomic E-state index is 0. The molecule has 0 bridgehead atoms. The zero-order chi connectivity index (χ0) is 6.85. The summed E-state index contributed by atoms with van der Waals surface area (Å²) >= 11 is 0. The molecule has 0 unspecified atom stereocenters. The van der Waals surface area contributed by atoms with Crippen LogP contribution in [0.2, 0.25) is 0 Å². The molecule has 54 valence electrons. The quantitative estimate of drug-likeness (QED) is 0.375. The van der Waals surface area contributed by atoms with E-state index in [9.17, 15) is 0 Å². The van der Waals surface area contributed by atoms with Gasteiger partial charge in [0.2, 0.25) is 17.8 Å². The summed E-state index contributed by atoms with van der Waals surface area (Å²) in [6.45, 7) is 0. The topological polar surface area (TPSA) is 117 Å². The Labute approximate surface area is 136 Å². The van der Waals surface area contributed by atoms with Crippen LogP contribution < -0.4 is 17.2 Å². The molecular weight excluding hydrogens is 189 g/mol. The Bertz CT molecular complexity index is 179. The summed E-state index contributed by atoms with van der Waals surface area (Å²) in [7, 11) is 0. The molecule has 0 spiro atoms. The van der Waals surface area contributed by atoms with E-state index in [1.165, 1.54) is 0 Å². The molecule has 6 N–H and O–H groups in total. The van der Waals surface area contributed by atoms with Gasteiger partial charge in [-0.3, -0.25) is 0 Å². The molecule has 1 heterocycles. The molecule has 6 nitrogen and oxygen atoms in total. The predicted molar refractivity (Wildman–Crippen MR) is 54.5 cm³/mol. The molecule has 0 aliphatic rings. The van der Waals surface area contributed by atoms with Crippen molar-refractivity contribution in [2.75, 3.05) is 17.2 Å². The normalized spacial score (nSPS) is 7.00. The second kappa shape index (κ2) is 8.98. The summed E-state index contributed by atoms with van der Waals surface area (Å²) in [5, 5.41) is 0. The number of anilines is 3. The molecule has 0 saturated carbocycles. The van der Waals surface area contributed by atoms with Gasteiger partial charge in [0.1, 0.15) is 0 Å². The van der Waals surface area contributed by atoms with Gasteiger partial charge in [-0.2, -0.15) is 15.0 Å². The molecule has 0 saturated heterocycles. The Hall–Kier alpha value is 1.41. The van der Waals surface area contributed by atoms with Crippen molar-refractivity contribution in [1.82, 2.24) is 15.0 Å². The first kappa shape index (κ1) is 19.1. The van der Waals surface area contributed by atoms with Crippen molar-refractivity contribution in [1.29, 1.82) is 0 Å². The number of nitrogens with two attached hydrogens (primary N) is 3. The zero-order valence-electron chi connectivity index (χ0n) is 4.57. The van der Waals surface area contributed by atoms with Crippen molar-refractivity contribution in [3.8, 4) is 0 Å². The van der Waals surface area contributed by atoms with E-state index in [1.54, 1.807) is 0 Å². The van der Waals surface area contributed by atoms with Gasteiger partial charge in [-0.15, -0.1) is 0 Å². The van der Waals surface area contributed by atoms with Gasteiger partial charge in [0.15, 0.2) is 0 Å². The van der Waals surface area contributed by atoms with Gasteiger partial charge in [-0.1, -0.05) is 0 Å². The molecular formula is C3H9N6Na3. The number of nitrogens with zero attached hydrogens (tertiary/aromatic N) is 3. The van der Waals surface area contributed by atoms with Crippen LogP contribution in [0, 0.1) is 0 Å². The molecule has 0 aromatic carbocycles. The Balaban J connectivity index is -0.000000270. The van der Waals surface area contributed by atoms with Crippen molar-refractivity contribution in [2.45, 2.75) is 0 Å². The van der Waals surface area contributed by atoms with Crippen LogP contribution in [0.5, 0.6) is 0 Å². The van der Waals surface area contributed by atoms with E-state index in [4.69, 9.17) is 17.2 Å². The van der Waals surface area contributed by atoms with Crippen LogP contribution in [0.3, 0.4) is 0 Å². The summed E-state index contributed by atoms with van der Waals surface area (Å²) < 4.78 is 0. The first-order valence-corrected chi connectivity index (χ1v) is 2.21. The molecule has 1 rings (SSSR count). The second-order valence-electron chi connectivity index (χ2n) is 1.41. The van der Waals surface area contributed by atoms with Gasteiger partial charge in [0.25, 0.3) is 0 Å². The van der Waals surface area contributed by atoms with Crippen LogP contribution in [0.15, 0.2) is 0 Å². The van der Waals surface area contributed by atoms with E-state index in [2.05, 4.69) is 15.0 Å². The average molecular weight is 198 g/mol. The summed E-state index contributed by atoms with van der Waals surface area (Å²) in [5.74, 6) is 0.125. The van der Waals surface area contributed by atoms with Crippen LogP contribution in [0.25, 0.3) is 0 Å². The van der Waals surface area contributed by atoms with Gasteiger partial charge in [-0.25, -0.2) is 0 Å². The van der Waals surface area contributed by atoms with Gasteiger partial charge in [0, 0.05) is 0 Å². The molecule has 1 aromatic heterocycles. The fourth-order valence-corrected chi connectivity index (χ4v) is 0.427. The van der Waals surface area contributed by atoms with Crippen molar-refractivity contribution >= 4 is 107 Å². The number of aromatic nitrogens is 3. The molecule has 0 aliphatic carbocycles.